The zero-order chi connectivity index (χ0) is 7.84. The first kappa shape index (κ1) is 6.65. The minimum absolute atomic E-state index is 0.110. The average Bonchev–Trinajstić information content (AvgIpc) is 2.33. The molecule has 0 aromatic heterocycles. The molecule has 11 heavy (non-hydrogen) atoms. The third-order valence-corrected chi connectivity index (χ3v) is 2.30. The van der Waals surface area contributed by atoms with E-state index < -0.39 is 0 Å². The standard InChI is InChI=1S/C9H11NO/c1-6-2-3-7-5-10-9(11)8(7)4-6/h4H,2-3,5H2,1H3,(H,10,11). The molecule has 1 amide bonds. The van der Waals surface area contributed by atoms with Gasteiger partial charge in [0.15, 0.2) is 0 Å². The van der Waals surface area contributed by atoms with Crippen LogP contribution in [0.3, 0.4) is 0 Å². The summed E-state index contributed by atoms with van der Waals surface area (Å²) in [6.45, 7) is 2.85. The summed E-state index contributed by atoms with van der Waals surface area (Å²) in [5.74, 6) is 0.110. The topological polar surface area (TPSA) is 29.1 Å². The fourth-order valence-electron chi connectivity index (χ4n) is 1.60. The van der Waals surface area contributed by atoms with Crippen LogP contribution in [0.5, 0.6) is 0 Å². The first-order chi connectivity index (χ1) is 5.27. The molecule has 0 aromatic carbocycles. The molecule has 0 fully saturated rings. The van der Waals surface area contributed by atoms with E-state index in [0.717, 1.165) is 25.0 Å². The summed E-state index contributed by atoms with van der Waals surface area (Å²) in [4.78, 5) is 11.1. The summed E-state index contributed by atoms with van der Waals surface area (Å²) in [6, 6.07) is 0. The fraction of sp³-hybridized carbons (Fsp3) is 0.444. The van der Waals surface area contributed by atoms with Crippen molar-refractivity contribution in [1.82, 2.24) is 5.32 Å². The van der Waals surface area contributed by atoms with Crippen molar-refractivity contribution < 1.29 is 4.79 Å². The Labute approximate surface area is 66.0 Å². The van der Waals surface area contributed by atoms with E-state index in [2.05, 4.69) is 12.2 Å². The van der Waals surface area contributed by atoms with E-state index in [1.165, 1.54) is 11.1 Å². The van der Waals surface area contributed by atoms with Crippen molar-refractivity contribution >= 4 is 5.91 Å². The number of carbonyl (C=O) groups is 1. The number of allylic oxidation sites excluding steroid dienone is 1. The predicted octanol–water partition coefficient (Wildman–Crippen LogP) is 1.15. The molecule has 0 atom stereocenters. The van der Waals surface area contributed by atoms with Gasteiger partial charge in [-0.3, -0.25) is 4.79 Å². The molecule has 0 bridgehead atoms. The second-order valence-electron chi connectivity index (χ2n) is 3.19. The van der Waals surface area contributed by atoms with Crippen LogP contribution in [0.2, 0.25) is 0 Å². The Morgan fingerprint density at radius 1 is 1.45 bits per heavy atom. The molecule has 2 aliphatic rings. The molecule has 0 saturated carbocycles. The maximum Gasteiger partial charge on any atom is 0.251 e. The van der Waals surface area contributed by atoms with E-state index in [4.69, 9.17) is 0 Å². The molecule has 1 heterocycles. The van der Waals surface area contributed by atoms with Crippen LogP contribution in [0, 0.1) is 0 Å². The van der Waals surface area contributed by atoms with E-state index >= 15 is 0 Å². The van der Waals surface area contributed by atoms with Gasteiger partial charge in [0.25, 0.3) is 5.91 Å². The van der Waals surface area contributed by atoms with E-state index in [9.17, 15) is 4.79 Å². The lowest BCUT2D eigenvalue weighted by molar-refractivity contribution is -0.116. The van der Waals surface area contributed by atoms with Crippen molar-refractivity contribution in [3.05, 3.63) is 22.8 Å². The number of carbonyl (C=O) groups excluding carboxylic acids is 1. The quantitative estimate of drug-likeness (QED) is 0.550. The lowest BCUT2D eigenvalue weighted by Gasteiger charge is -2.08. The molecule has 1 aliphatic carbocycles. The van der Waals surface area contributed by atoms with E-state index in [1.54, 1.807) is 0 Å². The van der Waals surface area contributed by atoms with E-state index in [-0.39, 0.29) is 5.91 Å². The van der Waals surface area contributed by atoms with Crippen molar-refractivity contribution in [3.63, 3.8) is 0 Å². The third-order valence-electron chi connectivity index (χ3n) is 2.30. The molecular weight excluding hydrogens is 138 g/mol. The number of hydrogen-bond donors (Lipinski definition) is 1. The zero-order valence-electron chi connectivity index (χ0n) is 6.61. The van der Waals surface area contributed by atoms with Crippen LogP contribution in [0.1, 0.15) is 19.8 Å². The molecule has 2 rings (SSSR count). The van der Waals surface area contributed by atoms with Crippen molar-refractivity contribution in [2.75, 3.05) is 6.54 Å². The molecule has 0 unspecified atom stereocenters. The van der Waals surface area contributed by atoms with Gasteiger partial charge in [-0.05, 0) is 25.3 Å². The van der Waals surface area contributed by atoms with Crippen molar-refractivity contribution in [1.29, 1.82) is 0 Å². The van der Waals surface area contributed by atoms with Gasteiger partial charge in [-0.1, -0.05) is 11.6 Å². The number of rotatable bonds is 0. The van der Waals surface area contributed by atoms with Crippen LogP contribution in [0.15, 0.2) is 22.8 Å². The molecule has 2 heteroatoms. The Morgan fingerprint density at radius 3 is 3.09 bits per heavy atom. The first-order valence-electron chi connectivity index (χ1n) is 3.95. The number of hydrogen-bond acceptors (Lipinski definition) is 1. The highest BCUT2D eigenvalue weighted by Gasteiger charge is 2.22. The summed E-state index contributed by atoms with van der Waals surface area (Å²) in [5.41, 5.74) is 3.54. The molecule has 58 valence electrons. The van der Waals surface area contributed by atoms with Crippen LogP contribution in [-0.4, -0.2) is 12.5 Å². The SMILES string of the molecule is CC1=CC2=C(CC1)CNC2=O. The van der Waals surface area contributed by atoms with Crippen LogP contribution in [0.25, 0.3) is 0 Å². The minimum Gasteiger partial charge on any atom is -0.348 e. The summed E-state index contributed by atoms with van der Waals surface area (Å²) >= 11 is 0. The highest BCUT2D eigenvalue weighted by molar-refractivity contribution is 6.00. The molecule has 0 aromatic rings. The fourth-order valence-corrected chi connectivity index (χ4v) is 1.60. The Hall–Kier alpha value is -1.05. The highest BCUT2D eigenvalue weighted by Crippen LogP contribution is 2.26. The normalized spacial score (nSPS) is 23.0. The summed E-state index contributed by atoms with van der Waals surface area (Å²) in [6.07, 6.45) is 4.20. The van der Waals surface area contributed by atoms with Gasteiger partial charge < -0.3 is 5.32 Å². The van der Waals surface area contributed by atoms with Crippen molar-refractivity contribution in [3.8, 4) is 0 Å². The maximum atomic E-state index is 11.1. The minimum atomic E-state index is 0.110. The van der Waals surface area contributed by atoms with Gasteiger partial charge >= 0.3 is 0 Å². The average molecular weight is 149 g/mol. The van der Waals surface area contributed by atoms with Gasteiger partial charge in [0.1, 0.15) is 0 Å². The zero-order valence-corrected chi connectivity index (χ0v) is 6.61. The largest absolute Gasteiger partial charge is 0.348 e. The Morgan fingerprint density at radius 2 is 2.27 bits per heavy atom. The molecule has 1 N–H and O–H groups in total. The Bertz CT molecular complexity index is 273. The van der Waals surface area contributed by atoms with Crippen LogP contribution >= 0.6 is 0 Å². The van der Waals surface area contributed by atoms with Crippen LogP contribution < -0.4 is 5.32 Å². The van der Waals surface area contributed by atoms with Crippen LogP contribution in [-0.2, 0) is 4.79 Å². The number of nitrogens with one attached hydrogen (secondary N) is 1. The van der Waals surface area contributed by atoms with Gasteiger partial charge in [0.2, 0.25) is 0 Å². The number of amides is 1. The monoisotopic (exact) mass is 149 g/mol. The van der Waals surface area contributed by atoms with E-state index in [0.29, 0.717) is 0 Å². The van der Waals surface area contributed by atoms with Crippen molar-refractivity contribution in [2.24, 2.45) is 0 Å². The van der Waals surface area contributed by atoms with Crippen LogP contribution in [0.4, 0.5) is 0 Å². The maximum absolute atomic E-state index is 11.1. The van der Waals surface area contributed by atoms with Gasteiger partial charge in [0, 0.05) is 12.1 Å². The molecular formula is C9H11NO. The lowest BCUT2D eigenvalue weighted by atomic mass is 9.95. The molecule has 1 aliphatic heterocycles. The molecule has 0 radical (unpaired) electrons. The first-order valence-corrected chi connectivity index (χ1v) is 3.95. The highest BCUT2D eigenvalue weighted by atomic mass is 16.1. The Balaban J connectivity index is 2.39. The third kappa shape index (κ3) is 0.985. The molecule has 2 nitrogen and oxygen atoms in total. The summed E-state index contributed by atoms with van der Waals surface area (Å²) in [5, 5.41) is 2.82. The van der Waals surface area contributed by atoms with E-state index in [1.807, 2.05) is 6.08 Å². The predicted molar refractivity (Wildman–Crippen MR) is 43.0 cm³/mol. The smallest absolute Gasteiger partial charge is 0.251 e. The van der Waals surface area contributed by atoms with Gasteiger partial charge in [-0.2, -0.15) is 0 Å². The molecule has 0 saturated heterocycles. The second-order valence-corrected chi connectivity index (χ2v) is 3.19. The molecule has 0 spiro atoms. The summed E-state index contributed by atoms with van der Waals surface area (Å²) in [7, 11) is 0. The van der Waals surface area contributed by atoms with Gasteiger partial charge in [0.05, 0.1) is 0 Å². The lowest BCUT2D eigenvalue weighted by Crippen LogP contribution is -2.16. The Kier molecular flexibility index (Phi) is 1.34. The van der Waals surface area contributed by atoms with Crippen molar-refractivity contribution in [2.45, 2.75) is 19.8 Å². The van der Waals surface area contributed by atoms with Gasteiger partial charge in [-0.15, -0.1) is 0 Å². The summed E-state index contributed by atoms with van der Waals surface area (Å²) < 4.78 is 0. The second kappa shape index (κ2) is 2.22. The van der Waals surface area contributed by atoms with Gasteiger partial charge in [-0.25, -0.2) is 0 Å².